The predicted octanol–water partition coefficient (Wildman–Crippen LogP) is 5.36. The minimum atomic E-state index is -4.29. The maximum absolute atomic E-state index is 13.1. The average molecular weight is 546 g/mol. The molecule has 3 rings (SSSR count). The van der Waals surface area contributed by atoms with Crippen molar-refractivity contribution in [3.05, 3.63) is 59.7 Å². The Morgan fingerprint density at radius 2 is 1.79 bits per heavy atom. The van der Waals surface area contributed by atoms with Gasteiger partial charge in [0.05, 0.1) is 18.3 Å². The third-order valence-electron chi connectivity index (χ3n) is 6.09. The van der Waals surface area contributed by atoms with Crippen LogP contribution in [0.15, 0.2) is 53.4 Å². The summed E-state index contributed by atoms with van der Waals surface area (Å²) in [5, 5.41) is 0. The average Bonchev–Trinajstić information content (AvgIpc) is 3.37. The van der Waals surface area contributed by atoms with Crippen LogP contribution in [0.2, 0.25) is 0 Å². The van der Waals surface area contributed by atoms with Crippen LogP contribution in [0, 0.1) is 5.41 Å². The number of nitrogens with zero attached hydrogens (tertiary/aromatic N) is 1. The highest BCUT2D eigenvalue weighted by Crippen LogP contribution is 2.25. The van der Waals surface area contributed by atoms with Gasteiger partial charge in [0.2, 0.25) is 5.91 Å². The van der Waals surface area contributed by atoms with E-state index in [9.17, 15) is 18.0 Å². The molecule has 2 aromatic rings. The van der Waals surface area contributed by atoms with Crippen LogP contribution < -0.4 is 4.18 Å². The Bertz CT molecular complexity index is 1180. The van der Waals surface area contributed by atoms with Crippen molar-refractivity contribution >= 4 is 22.0 Å². The monoisotopic (exact) mass is 545 g/mol. The SMILES string of the molecule is CCCCOC(=O)c1ccccc1S(=O)(=O)Oc1ccc(CN(C[C@H]2CCCO2)C(=O)CC(C)(C)C)cc1. The van der Waals surface area contributed by atoms with Gasteiger partial charge in [0.1, 0.15) is 10.6 Å². The third kappa shape index (κ3) is 8.84. The van der Waals surface area contributed by atoms with Gasteiger partial charge < -0.3 is 18.6 Å². The number of carbonyl (C=O) groups is 2. The summed E-state index contributed by atoms with van der Waals surface area (Å²) < 4.78 is 42.4. The molecule has 1 amide bonds. The highest BCUT2D eigenvalue weighted by atomic mass is 32.2. The van der Waals surface area contributed by atoms with Gasteiger partial charge in [-0.2, -0.15) is 8.42 Å². The summed E-state index contributed by atoms with van der Waals surface area (Å²) in [6.45, 7) is 9.90. The van der Waals surface area contributed by atoms with Gasteiger partial charge in [-0.25, -0.2) is 4.79 Å². The largest absolute Gasteiger partial charge is 0.462 e. The van der Waals surface area contributed by atoms with Crippen molar-refractivity contribution in [2.24, 2.45) is 5.41 Å². The lowest BCUT2D eigenvalue weighted by Gasteiger charge is -2.29. The number of hydrogen-bond acceptors (Lipinski definition) is 7. The van der Waals surface area contributed by atoms with Gasteiger partial charge in [-0.1, -0.05) is 58.4 Å². The minimum absolute atomic E-state index is 0.0281. The van der Waals surface area contributed by atoms with E-state index in [4.69, 9.17) is 13.7 Å². The van der Waals surface area contributed by atoms with Crippen LogP contribution in [0.3, 0.4) is 0 Å². The smallest absolute Gasteiger partial charge is 0.340 e. The van der Waals surface area contributed by atoms with E-state index in [2.05, 4.69) is 0 Å². The Kier molecular flexibility index (Phi) is 10.3. The van der Waals surface area contributed by atoms with Crippen LogP contribution in [-0.4, -0.2) is 51.1 Å². The fourth-order valence-electron chi connectivity index (χ4n) is 4.14. The summed E-state index contributed by atoms with van der Waals surface area (Å²) in [4.78, 5) is 27.1. The molecule has 208 valence electrons. The van der Waals surface area contributed by atoms with Crippen LogP contribution in [0.4, 0.5) is 0 Å². The first-order chi connectivity index (χ1) is 18.0. The molecule has 1 aliphatic heterocycles. The van der Waals surface area contributed by atoms with Gasteiger partial charge >= 0.3 is 16.1 Å². The molecule has 0 bridgehead atoms. The zero-order valence-corrected chi connectivity index (χ0v) is 23.6. The van der Waals surface area contributed by atoms with Crippen molar-refractivity contribution in [1.29, 1.82) is 0 Å². The van der Waals surface area contributed by atoms with Crippen molar-refractivity contribution in [3.8, 4) is 5.75 Å². The van der Waals surface area contributed by atoms with Crippen LogP contribution >= 0.6 is 0 Å². The fraction of sp³-hybridized carbons (Fsp3) is 0.517. The standard InChI is InChI=1S/C29H39NO7S/c1-5-6-17-36-28(32)25-11-7-8-12-26(25)38(33,34)37-23-15-13-22(14-16-23)20-30(21-24-10-9-18-35-24)27(31)19-29(2,3)4/h7-8,11-16,24H,5-6,9-10,17-21H2,1-4H3/t24-/m1/s1. The van der Waals surface area contributed by atoms with Crippen LogP contribution in [0.5, 0.6) is 5.75 Å². The number of amides is 1. The predicted molar refractivity (Wildman–Crippen MR) is 144 cm³/mol. The van der Waals surface area contributed by atoms with E-state index in [0.29, 0.717) is 32.5 Å². The lowest BCUT2D eigenvalue weighted by molar-refractivity contribution is -0.135. The second kappa shape index (κ2) is 13.2. The Morgan fingerprint density at radius 1 is 1.08 bits per heavy atom. The summed E-state index contributed by atoms with van der Waals surface area (Å²) in [6.07, 6.45) is 3.91. The van der Waals surface area contributed by atoms with Crippen molar-refractivity contribution in [2.45, 2.75) is 77.3 Å². The van der Waals surface area contributed by atoms with Crippen LogP contribution in [0.25, 0.3) is 0 Å². The quantitative estimate of drug-likeness (QED) is 0.201. The van der Waals surface area contributed by atoms with E-state index in [-0.39, 0.29) is 40.2 Å². The van der Waals surface area contributed by atoms with Gasteiger partial charge in [0.25, 0.3) is 0 Å². The molecule has 1 atom stereocenters. The van der Waals surface area contributed by atoms with Crippen LogP contribution in [0.1, 0.15) is 75.7 Å². The van der Waals surface area contributed by atoms with E-state index in [0.717, 1.165) is 24.8 Å². The first-order valence-electron chi connectivity index (χ1n) is 13.2. The highest BCUT2D eigenvalue weighted by molar-refractivity contribution is 7.87. The molecular weight excluding hydrogens is 506 g/mol. The van der Waals surface area contributed by atoms with Gasteiger partial charge in [-0.15, -0.1) is 0 Å². The second-order valence-corrected chi connectivity index (χ2v) is 12.3. The molecule has 0 aromatic heterocycles. The summed E-state index contributed by atoms with van der Waals surface area (Å²) in [7, 11) is -4.29. The summed E-state index contributed by atoms with van der Waals surface area (Å²) >= 11 is 0. The number of rotatable bonds is 12. The lowest BCUT2D eigenvalue weighted by Crippen LogP contribution is -2.38. The van der Waals surface area contributed by atoms with E-state index in [1.807, 2.05) is 32.6 Å². The van der Waals surface area contributed by atoms with Gasteiger partial charge in [-0.05, 0) is 54.5 Å². The Labute approximate surface area is 226 Å². The minimum Gasteiger partial charge on any atom is -0.462 e. The molecule has 8 nitrogen and oxygen atoms in total. The topological polar surface area (TPSA) is 99.2 Å². The number of unbranched alkanes of at least 4 members (excludes halogenated alkanes) is 1. The maximum Gasteiger partial charge on any atom is 0.340 e. The Morgan fingerprint density at radius 3 is 2.42 bits per heavy atom. The molecule has 0 spiro atoms. The normalized spacial score (nSPS) is 15.7. The molecule has 1 aliphatic rings. The Balaban J connectivity index is 1.72. The van der Waals surface area contributed by atoms with Gasteiger partial charge in [0, 0.05) is 26.1 Å². The van der Waals surface area contributed by atoms with E-state index < -0.39 is 16.1 Å². The molecule has 1 heterocycles. The van der Waals surface area contributed by atoms with Crippen molar-refractivity contribution in [1.82, 2.24) is 4.90 Å². The molecule has 0 unspecified atom stereocenters. The molecule has 1 saturated heterocycles. The van der Waals surface area contributed by atoms with Crippen molar-refractivity contribution in [2.75, 3.05) is 19.8 Å². The first kappa shape index (κ1) is 29.6. The maximum atomic E-state index is 13.1. The number of carbonyl (C=O) groups excluding carboxylic acids is 2. The molecular formula is C29H39NO7S. The second-order valence-electron chi connectivity index (χ2n) is 10.8. The lowest BCUT2D eigenvalue weighted by atomic mass is 9.91. The van der Waals surface area contributed by atoms with E-state index in [1.165, 1.54) is 18.2 Å². The molecule has 38 heavy (non-hydrogen) atoms. The first-order valence-corrected chi connectivity index (χ1v) is 14.6. The zero-order valence-electron chi connectivity index (χ0n) is 22.8. The fourth-order valence-corrected chi connectivity index (χ4v) is 5.26. The van der Waals surface area contributed by atoms with E-state index in [1.54, 1.807) is 30.3 Å². The molecule has 0 saturated carbocycles. The summed E-state index contributed by atoms with van der Waals surface area (Å²) in [6, 6.07) is 12.4. The zero-order chi connectivity index (χ0) is 27.8. The molecule has 0 radical (unpaired) electrons. The third-order valence-corrected chi connectivity index (χ3v) is 7.40. The molecule has 2 aromatic carbocycles. The molecule has 0 aliphatic carbocycles. The van der Waals surface area contributed by atoms with Crippen LogP contribution in [-0.2, 0) is 30.9 Å². The molecule has 9 heteroatoms. The highest BCUT2D eigenvalue weighted by Gasteiger charge is 2.27. The van der Waals surface area contributed by atoms with Crippen molar-refractivity contribution < 1.29 is 31.7 Å². The number of benzene rings is 2. The number of esters is 1. The van der Waals surface area contributed by atoms with Gasteiger partial charge in [-0.3, -0.25) is 4.79 Å². The van der Waals surface area contributed by atoms with Gasteiger partial charge in [0.15, 0.2) is 0 Å². The molecule has 0 N–H and O–H groups in total. The molecule has 1 fully saturated rings. The summed E-state index contributed by atoms with van der Waals surface area (Å²) in [5.41, 5.74) is 0.633. The Hall–Kier alpha value is -2.91. The van der Waals surface area contributed by atoms with Crippen molar-refractivity contribution in [3.63, 3.8) is 0 Å². The number of ether oxygens (including phenoxy) is 2. The van der Waals surface area contributed by atoms with E-state index >= 15 is 0 Å². The number of hydrogen-bond donors (Lipinski definition) is 0. The summed E-state index contributed by atoms with van der Waals surface area (Å²) in [5.74, 6) is -0.546.